The Morgan fingerprint density at radius 1 is 0.510 bits per heavy atom. The number of fused-ring (bicyclic) bond motifs is 1. The molecule has 3 N–H and O–H groups in total. The molecule has 0 saturated carbocycles. The van der Waals surface area contributed by atoms with E-state index >= 15 is 0 Å². The predicted molar refractivity (Wildman–Crippen MR) is 202 cm³/mol. The van der Waals surface area contributed by atoms with E-state index in [0.717, 1.165) is 44.5 Å². The van der Waals surface area contributed by atoms with E-state index < -0.39 is 0 Å². The van der Waals surface area contributed by atoms with Crippen LogP contribution in [0.3, 0.4) is 0 Å². The van der Waals surface area contributed by atoms with Gasteiger partial charge in [-0.3, -0.25) is 0 Å². The number of phenols is 3. The van der Waals surface area contributed by atoms with Crippen LogP contribution in [0.1, 0.15) is 128 Å². The van der Waals surface area contributed by atoms with Gasteiger partial charge in [-0.1, -0.05) is 125 Å². The molecule has 5 aromatic rings. The fourth-order valence-electron chi connectivity index (χ4n) is 6.46. The van der Waals surface area contributed by atoms with Crippen molar-refractivity contribution in [2.45, 2.75) is 118 Å². The summed E-state index contributed by atoms with van der Waals surface area (Å²) in [6, 6.07) is 17.7. The summed E-state index contributed by atoms with van der Waals surface area (Å²) in [6.07, 6.45) is 0.997. The monoisotopic (exact) mass is 681 g/mol. The molecule has 0 aliphatic carbocycles. The van der Waals surface area contributed by atoms with Crippen molar-refractivity contribution in [3.05, 3.63) is 104 Å². The van der Waals surface area contributed by atoms with Crippen molar-refractivity contribution in [3.63, 3.8) is 0 Å². The second-order valence-corrected chi connectivity index (χ2v) is 18.1. The molecule has 0 atom stereocenters. The summed E-state index contributed by atoms with van der Waals surface area (Å²) in [6.45, 7) is 25.3. The molecule has 1 aromatic heterocycles. The van der Waals surface area contributed by atoms with Crippen molar-refractivity contribution in [2.75, 3.05) is 0 Å². The van der Waals surface area contributed by atoms with E-state index in [1.807, 2.05) is 12.1 Å². The van der Waals surface area contributed by atoms with Gasteiger partial charge in [0.05, 0.1) is 0 Å². The number of hydrogen-bond donors (Lipinski definition) is 3. The van der Waals surface area contributed by atoms with Crippen molar-refractivity contribution < 1.29 is 15.3 Å². The SMILES string of the molecule is CC(C)(C)c1cc(Cc2cc(Cc3cc(C(C)(C)C)c(O)c(C(C)(C)C)c3)c(O)c(-n3nc4ccc(Cl)cc4n3)c2)cc(C(C)(C)C)c1O. The Hall–Kier alpha value is -4.03. The molecule has 1 heterocycles. The topological polar surface area (TPSA) is 91.4 Å². The Balaban J connectivity index is 1.72. The molecule has 49 heavy (non-hydrogen) atoms. The Morgan fingerprint density at radius 2 is 0.918 bits per heavy atom. The van der Waals surface area contributed by atoms with E-state index in [1.54, 1.807) is 12.1 Å². The second kappa shape index (κ2) is 12.4. The maximum absolute atomic E-state index is 11.9. The average molecular weight is 682 g/mol. The molecular formula is C42H52ClN3O3. The van der Waals surface area contributed by atoms with Crippen molar-refractivity contribution in [2.24, 2.45) is 0 Å². The van der Waals surface area contributed by atoms with Crippen LogP contribution in [0.25, 0.3) is 16.7 Å². The minimum absolute atomic E-state index is 0.0920. The van der Waals surface area contributed by atoms with Crippen LogP contribution in [0.15, 0.2) is 54.6 Å². The summed E-state index contributed by atoms with van der Waals surface area (Å²) in [5.74, 6) is 0.762. The maximum atomic E-state index is 11.9. The molecule has 0 radical (unpaired) electrons. The van der Waals surface area contributed by atoms with Gasteiger partial charge in [-0.25, -0.2) is 0 Å². The Bertz CT molecular complexity index is 1980. The lowest BCUT2D eigenvalue weighted by Crippen LogP contribution is -2.18. The van der Waals surface area contributed by atoms with Crippen LogP contribution in [-0.2, 0) is 34.5 Å². The Kier molecular flexibility index (Phi) is 9.16. The molecular weight excluding hydrogens is 630 g/mol. The number of benzene rings is 4. The first-order valence-corrected chi connectivity index (χ1v) is 17.4. The summed E-state index contributed by atoms with van der Waals surface area (Å²) >= 11 is 6.28. The highest BCUT2D eigenvalue weighted by molar-refractivity contribution is 6.31. The van der Waals surface area contributed by atoms with Crippen LogP contribution in [0.2, 0.25) is 5.02 Å². The van der Waals surface area contributed by atoms with Crippen LogP contribution in [0.5, 0.6) is 17.2 Å². The van der Waals surface area contributed by atoms with Crippen LogP contribution in [0.4, 0.5) is 0 Å². The average Bonchev–Trinajstić information content (AvgIpc) is 3.36. The molecule has 0 fully saturated rings. The van der Waals surface area contributed by atoms with Gasteiger partial charge in [-0.15, -0.1) is 15.0 Å². The van der Waals surface area contributed by atoms with Gasteiger partial charge >= 0.3 is 0 Å². The molecule has 0 bridgehead atoms. The highest BCUT2D eigenvalue weighted by Gasteiger charge is 2.29. The molecule has 0 amide bonds. The summed E-state index contributed by atoms with van der Waals surface area (Å²) in [4.78, 5) is 1.49. The quantitative estimate of drug-likeness (QED) is 0.172. The van der Waals surface area contributed by atoms with E-state index in [4.69, 9.17) is 21.8 Å². The van der Waals surface area contributed by atoms with Gasteiger partial charge in [0.15, 0.2) is 0 Å². The lowest BCUT2D eigenvalue weighted by molar-refractivity contribution is 0.422. The third kappa shape index (κ3) is 7.60. The minimum Gasteiger partial charge on any atom is -0.507 e. The van der Waals surface area contributed by atoms with Crippen LogP contribution >= 0.6 is 11.6 Å². The Labute approximate surface area is 296 Å². The third-order valence-corrected chi connectivity index (χ3v) is 9.40. The molecule has 0 aliphatic rings. The van der Waals surface area contributed by atoms with Crippen molar-refractivity contribution >= 4 is 22.6 Å². The van der Waals surface area contributed by atoms with Crippen molar-refractivity contribution in [3.8, 4) is 22.9 Å². The van der Waals surface area contributed by atoms with Crippen LogP contribution in [-0.4, -0.2) is 30.3 Å². The summed E-state index contributed by atoms with van der Waals surface area (Å²) in [7, 11) is 0. The van der Waals surface area contributed by atoms with Gasteiger partial charge in [-0.05, 0) is 91.3 Å². The summed E-state index contributed by atoms with van der Waals surface area (Å²) in [5, 5.41) is 44.6. The first-order valence-electron chi connectivity index (χ1n) is 17.0. The maximum Gasteiger partial charge on any atom is 0.146 e. The zero-order valence-corrected chi connectivity index (χ0v) is 31.9. The number of rotatable bonds is 5. The number of aromatic hydroxyl groups is 3. The smallest absolute Gasteiger partial charge is 0.146 e. The van der Waals surface area contributed by atoms with E-state index in [1.165, 1.54) is 4.80 Å². The molecule has 4 aromatic carbocycles. The molecule has 5 rings (SSSR count). The largest absolute Gasteiger partial charge is 0.507 e. The first-order chi connectivity index (χ1) is 22.4. The summed E-state index contributed by atoms with van der Waals surface area (Å²) < 4.78 is 0. The van der Waals surface area contributed by atoms with Crippen molar-refractivity contribution in [1.82, 2.24) is 15.0 Å². The number of aromatic nitrogens is 3. The van der Waals surface area contributed by atoms with E-state index in [9.17, 15) is 15.3 Å². The van der Waals surface area contributed by atoms with Crippen molar-refractivity contribution in [1.29, 1.82) is 0 Å². The predicted octanol–water partition coefficient (Wildman–Crippen LogP) is 10.6. The molecule has 260 valence electrons. The molecule has 0 unspecified atom stereocenters. The fraction of sp³-hybridized carbons (Fsp3) is 0.429. The fourth-order valence-corrected chi connectivity index (χ4v) is 6.63. The lowest BCUT2D eigenvalue weighted by atomic mass is 9.77. The van der Waals surface area contributed by atoms with Crippen LogP contribution in [0, 0.1) is 0 Å². The standard InChI is InChI=1S/C42H52ClN3O3/c1-39(2,3)29-18-25(19-30(37(29)48)40(4,5)6)15-24-16-27(17-26-20-31(41(7,8)9)38(49)32(21-26)42(10,11)12)36(47)35(22-24)46-44-33-14-13-28(43)23-34(33)45-46/h13-14,16,18-23,47-49H,15,17H2,1-12H3. The van der Waals surface area contributed by atoms with E-state index in [-0.39, 0.29) is 27.4 Å². The highest BCUT2D eigenvalue weighted by Crippen LogP contribution is 2.43. The van der Waals surface area contributed by atoms with Gasteiger partial charge in [0.1, 0.15) is 34.0 Å². The second-order valence-electron chi connectivity index (χ2n) is 17.7. The lowest BCUT2D eigenvalue weighted by Gasteiger charge is -2.28. The first kappa shape index (κ1) is 36.3. The number of nitrogens with zero attached hydrogens (tertiary/aromatic N) is 3. The summed E-state index contributed by atoms with van der Waals surface area (Å²) in [5.41, 5.74) is 7.96. The molecule has 6 nitrogen and oxygen atoms in total. The zero-order chi connectivity index (χ0) is 36.4. The normalized spacial score (nSPS) is 13.0. The van der Waals surface area contributed by atoms with Crippen LogP contribution < -0.4 is 0 Å². The zero-order valence-electron chi connectivity index (χ0n) is 31.2. The van der Waals surface area contributed by atoms with E-state index in [2.05, 4.69) is 113 Å². The Morgan fingerprint density at radius 3 is 1.37 bits per heavy atom. The van der Waals surface area contributed by atoms with Gasteiger partial charge < -0.3 is 15.3 Å². The number of halogens is 1. The third-order valence-electron chi connectivity index (χ3n) is 9.16. The molecule has 7 heteroatoms. The minimum atomic E-state index is -0.288. The number of phenolic OH excluding ortho intramolecular Hbond substituents is 3. The number of hydrogen-bond acceptors (Lipinski definition) is 5. The molecule has 0 aliphatic heterocycles. The molecule has 0 spiro atoms. The van der Waals surface area contributed by atoms with Gasteiger partial charge in [0.25, 0.3) is 0 Å². The highest BCUT2D eigenvalue weighted by atomic mass is 35.5. The van der Waals surface area contributed by atoms with Gasteiger partial charge in [0, 0.05) is 17.0 Å². The van der Waals surface area contributed by atoms with Gasteiger partial charge in [0.2, 0.25) is 0 Å². The van der Waals surface area contributed by atoms with E-state index in [0.29, 0.717) is 46.1 Å². The molecule has 0 saturated heterocycles. The van der Waals surface area contributed by atoms with Gasteiger partial charge in [-0.2, -0.15) is 0 Å².